The Balaban J connectivity index is 4.36. The lowest BCUT2D eigenvalue weighted by Crippen LogP contribution is -2.30. The fourth-order valence-corrected chi connectivity index (χ4v) is 6.86. The molecule has 0 radical (unpaired) electrons. The summed E-state index contributed by atoms with van der Waals surface area (Å²) in [5.41, 5.74) is 0. The zero-order chi connectivity index (χ0) is 42.3. The van der Waals surface area contributed by atoms with E-state index in [2.05, 4.69) is 69.4 Å². The van der Waals surface area contributed by atoms with Gasteiger partial charge in [0, 0.05) is 19.3 Å². The van der Waals surface area contributed by atoms with Crippen molar-refractivity contribution in [2.45, 2.75) is 252 Å². The molecule has 0 aliphatic carbocycles. The highest BCUT2D eigenvalue weighted by molar-refractivity contribution is 5.71. The Labute approximate surface area is 358 Å². The van der Waals surface area contributed by atoms with E-state index in [0.717, 1.165) is 103 Å². The van der Waals surface area contributed by atoms with Crippen molar-refractivity contribution < 1.29 is 28.6 Å². The van der Waals surface area contributed by atoms with Crippen molar-refractivity contribution >= 4 is 17.9 Å². The zero-order valence-corrected chi connectivity index (χ0v) is 38.3. The highest BCUT2D eigenvalue weighted by Gasteiger charge is 2.19. The van der Waals surface area contributed by atoms with Crippen LogP contribution in [0.5, 0.6) is 0 Å². The van der Waals surface area contributed by atoms with Gasteiger partial charge in [-0.3, -0.25) is 14.4 Å². The molecule has 1 atom stereocenters. The van der Waals surface area contributed by atoms with E-state index in [4.69, 9.17) is 14.2 Å². The number of carbonyl (C=O) groups is 3. The average molecular weight is 813 g/mol. The molecule has 0 unspecified atom stereocenters. The van der Waals surface area contributed by atoms with Crippen LogP contribution in [0.25, 0.3) is 0 Å². The maximum atomic E-state index is 12.7. The first-order chi connectivity index (χ1) is 28.5. The summed E-state index contributed by atoms with van der Waals surface area (Å²) < 4.78 is 16.7. The van der Waals surface area contributed by atoms with Crippen LogP contribution in [0.2, 0.25) is 0 Å². The van der Waals surface area contributed by atoms with E-state index >= 15 is 0 Å². The molecule has 336 valence electrons. The van der Waals surface area contributed by atoms with E-state index in [1.807, 2.05) is 0 Å². The van der Waals surface area contributed by atoms with Crippen LogP contribution >= 0.6 is 0 Å². The molecule has 6 heteroatoms. The second-order valence-electron chi connectivity index (χ2n) is 16.3. The molecule has 0 amide bonds. The molecule has 0 aromatic carbocycles. The summed E-state index contributed by atoms with van der Waals surface area (Å²) >= 11 is 0. The largest absolute Gasteiger partial charge is 0.462 e. The van der Waals surface area contributed by atoms with Crippen molar-refractivity contribution in [2.24, 2.45) is 0 Å². The first kappa shape index (κ1) is 55.4. The Hall–Kier alpha value is -2.63. The Morgan fingerprint density at radius 1 is 0.362 bits per heavy atom. The maximum Gasteiger partial charge on any atom is 0.306 e. The van der Waals surface area contributed by atoms with Gasteiger partial charge < -0.3 is 14.2 Å². The summed E-state index contributed by atoms with van der Waals surface area (Å²) in [6.07, 6.45) is 55.2. The lowest BCUT2D eigenvalue weighted by molar-refractivity contribution is -0.167. The molecule has 0 aliphatic heterocycles. The molecule has 0 aromatic heterocycles. The van der Waals surface area contributed by atoms with E-state index in [1.54, 1.807) is 0 Å². The molecule has 0 saturated carbocycles. The quantitative estimate of drug-likeness (QED) is 0.0264. The monoisotopic (exact) mass is 813 g/mol. The standard InChI is InChI=1S/C52H92O6/c1-4-7-10-13-16-19-21-23-25-27-28-30-33-36-39-42-45-51(54)57-48-49(47-56-50(53)44-41-38-35-32-18-15-12-9-6-3)58-52(55)46-43-40-37-34-31-29-26-24-22-20-17-14-11-8-5-2/h8,11,17,20,24-27,49H,4-7,9-10,12-16,18-19,21-23,28-48H2,1-3H3/b11-8-,20-17-,26-24-,27-25-/t49-/m1/s1. The molecular formula is C52H92O6. The van der Waals surface area contributed by atoms with Crippen molar-refractivity contribution in [3.05, 3.63) is 48.6 Å². The van der Waals surface area contributed by atoms with Crippen molar-refractivity contribution in [3.63, 3.8) is 0 Å². The lowest BCUT2D eigenvalue weighted by atomic mass is 10.1. The van der Waals surface area contributed by atoms with Gasteiger partial charge in [0.05, 0.1) is 0 Å². The molecule has 0 aliphatic rings. The number of ether oxygens (including phenoxy) is 3. The minimum atomic E-state index is -0.781. The number of rotatable bonds is 44. The smallest absolute Gasteiger partial charge is 0.306 e. The fraction of sp³-hybridized carbons (Fsp3) is 0.788. The normalized spacial score (nSPS) is 12.4. The van der Waals surface area contributed by atoms with Crippen molar-refractivity contribution in [2.75, 3.05) is 13.2 Å². The molecule has 0 spiro atoms. The zero-order valence-electron chi connectivity index (χ0n) is 38.3. The van der Waals surface area contributed by atoms with Crippen LogP contribution in [0.1, 0.15) is 245 Å². The molecule has 6 nitrogen and oxygen atoms in total. The summed E-state index contributed by atoms with van der Waals surface area (Å²) in [5.74, 6) is -0.906. The van der Waals surface area contributed by atoms with Crippen LogP contribution < -0.4 is 0 Å². The minimum Gasteiger partial charge on any atom is -0.462 e. The molecule has 58 heavy (non-hydrogen) atoms. The highest BCUT2D eigenvalue weighted by atomic mass is 16.6. The second kappa shape index (κ2) is 47.1. The average Bonchev–Trinajstić information content (AvgIpc) is 3.22. The molecule has 0 rings (SSSR count). The Morgan fingerprint density at radius 3 is 1.07 bits per heavy atom. The van der Waals surface area contributed by atoms with Gasteiger partial charge >= 0.3 is 17.9 Å². The summed E-state index contributed by atoms with van der Waals surface area (Å²) in [4.78, 5) is 37.8. The van der Waals surface area contributed by atoms with Gasteiger partial charge in [-0.15, -0.1) is 0 Å². The molecule has 0 fully saturated rings. The van der Waals surface area contributed by atoms with Gasteiger partial charge in [0.2, 0.25) is 0 Å². The van der Waals surface area contributed by atoms with E-state index in [9.17, 15) is 14.4 Å². The number of carbonyl (C=O) groups excluding carboxylic acids is 3. The third-order valence-corrected chi connectivity index (χ3v) is 10.6. The molecule has 0 aromatic rings. The van der Waals surface area contributed by atoms with Crippen LogP contribution in [0, 0.1) is 0 Å². The Bertz CT molecular complexity index is 1030. The van der Waals surface area contributed by atoms with E-state index in [1.165, 1.54) is 103 Å². The van der Waals surface area contributed by atoms with Gasteiger partial charge in [-0.2, -0.15) is 0 Å². The molecule has 0 heterocycles. The third kappa shape index (κ3) is 44.5. The number of unbranched alkanes of at least 4 members (excludes halogenated alkanes) is 25. The predicted octanol–water partition coefficient (Wildman–Crippen LogP) is 15.9. The third-order valence-electron chi connectivity index (χ3n) is 10.6. The van der Waals surface area contributed by atoms with Gasteiger partial charge in [-0.25, -0.2) is 0 Å². The van der Waals surface area contributed by atoms with Gasteiger partial charge in [-0.05, 0) is 77.0 Å². The number of esters is 3. The topological polar surface area (TPSA) is 78.9 Å². The molecule has 0 bridgehead atoms. The number of allylic oxidation sites excluding steroid dienone is 8. The van der Waals surface area contributed by atoms with Crippen molar-refractivity contribution in [1.82, 2.24) is 0 Å². The molecule has 0 saturated heterocycles. The Kier molecular flexibility index (Phi) is 44.9. The van der Waals surface area contributed by atoms with Crippen LogP contribution in [-0.2, 0) is 28.6 Å². The SMILES string of the molecule is CC/C=C\C/C=C\C/C=C\CCCCCCCC(=O)O[C@@H](COC(=O)CCCCCCC/C=C\CCCCCCCCC)COC(=O)CCCCCCCCCCC. The first-order valence-electron chi connectivity index (χ1n) is 24.6. The lowest BCUT2D eigenvalue weighted by Gasteiger charge is -2.18. The van der Waals surface area contributed by atoms with E-state index in [-0.39, 0.29) is 31.1 Å². The first-order valence-corrected chi connectivity index (χ1v) is 24.6. The van der Waals surface area contributed by atoms with Crippen LogP contribution in [0.3, 0.4) is 0 Å². The van der Waals surface area contributed by atoms with Crippen LogP contribution in [0.15, 0.2) is 48.6 Å². The minimum absolute atomic E-state index is 0.0814. The predicted molar refractivity (Wildman–Crippen MR) is 247 cm³/mol. The van der Waals surface area contributed by atoms with Gasteiger partial charge in [0.1, 0.15) is 13.2 Å². The number of hydrogen-bond donors (Lipinski definition) is 0. The van der Waals surface area contributed by atoms with Crippen LogP contribution in [-0.4, -0.2) is 37.2 Å². The maximum absolute atomic E-state index is 12.7. The Morgan fingerprint density at radius 2 is 0.672 bits per heavy atom. The van der Waals surface area contributed by atoms with Gasteiger partial charge in [0.25, 0.3) is 0 Å². The van der Waals surface area contributed by atoms with E-state index in [0.29, 0.717) is 19.3 Å². The van der Waals surface area contributed by atoms with Crippen LogP contribution in [0.4, 0.5) is 0 Å². The number of hydrogen-bond acceptors (Lipinski definition) is 6. The summed E-state index contributed by atoms with van der Waals surface area (Å²) in [7, 11) is 0. The summed E-state index contributed by atoms with van der Waals surface area (Å²) in [6, 6.07) is 0. The van der Waals surface area contributed by atoms with Crippen molar-refractivity contribution in [1.29, 1.82) is 0 Å². The second-order valence-corrected chi connectivity index (χ2v) is 16.3. The van der Waals surface area contributed by atoms with E-state index < -0.39 is 6.10 Å². The molecular weight excluding hydrogens is 721 g/mol. The van der Waals surface area contributed by atoms with Crippen molar-refractivity contribution in [3.8, 4) is 0 Å². The van der Waals surface area contributed by atoms with Gasteiger partial charge in [0.15, 0.2) is 6.10 Å². The summed E-state index contributed by atoms with van der Waals surface area (Å²) in [5, 5.41) is 0. The summed E-state index contributed by atoms with van der Waals surface area (Å²) in [6.45, 7) is 6.49. The van der Waals surface area contributed by atoms with Gasteiger partial charge in [-0.1, -0.05) is 198 Å². The molecule has 0 N–H and O–H groups in total. The fourth-order valence-electron chi connectivity index (χ4n) is 6.86. The highest BCUT2D eigenvalue weighted by Crippen LogP contribution is 2.14.